The minimum atomic E-state index is 0.240. The minimum Gasteiger partial charge on any atom is -0.399 e. The third-order valence-electron chi connectivity index (χ3n) is 2.77. The average Bonchev–Trinajstić information content (AvgIpc) is 2.25. The van der Waals surface area contributed by atoms with Crippen molar-refractivity contribution in [2.24, 2.45) is 5.41 Å². The molecule has 3 N–H and O–H groups in total. The van der Waals surface area contributed by atoms with Crippen molar-refractivity contribution >= 4 is 22.3 Å². The maximum absolute atomic E-state index is 5.86. The lowest BCUT2D eigenvalue weighted by Crippen LogP contribution is -2.19. The zero-order chi connectivity index (χ0) is 13.3. The summed E-state index contributed by atoms with van der Waals surface area (Å²) in [7, 11) is 0. The van der Waals surface area contributed by atoms with Gasteiger partial charge in [0.1, 0.15) is 0 Å². The largest absolute Gasteiger partial charge is 0.399 e. The molecule has 1 aromatic carbocycles. The van der Waals surface area contributed by atoms with E-state index in [1.807, 2.05) is 25.1 Å². The minimum absolute atomic E-state index is 0.240. The van der Waals surface area contributed by atoms with Crippen LogP contribution in [0.3, 0.4) is 0 Å². The molecule has 1 heterocycles. The van der Waals surface area contributed by atoms with Crippen molar-refractivity contribution in [2.75, 3.05) is 17.6 Å². The van der Waals surface area contributed by atoms with Crippen LogP contribution in [0.1, 0.15) is 26.5 Å². The molecular weight excluding hydrogens is 222 g/mol. The van der Waals surface area contributed by atoms with Crippen molar-refractivity contribution in [2.45, 2.75) is 27.7 Å². The van der Waals surface area contributed by atoms with Gasteiger partial charge in [0.05, 0.1) is 5.52 Å². The highest BCUT2D eigenvalue weighted by Gasteiger charge is 2.11. The fourth-order valence-electron chi connectivity index (χ4n) is 1.88. The van der Waals surface area contributed by atoms with Crippen molar-refractivity contribution in [1.29, 1.82) is 0 Å². The Balaban J connectivity index is 2.44. The zero-order valence-electron chi connectivity index (χ0n) is 11.5. The molecule has 0 fully saturated rings. The number of hydrogen-bond donors (Lipinski definition) is 2. The van der Waals surface area contributed by atoms with E-state index in [0.717, 1.165) is 34.5 Å². The van der Waals surface area contributed by atoms with Crippen LogP contribution >= 0.6 is 0 Å². The van der Waals surface area contributed by atoms with E-state index in [9.17, 15) is 0 Å². The molecule has 0 aliphatic rings. The molecule has 3 heteroatoms. The van der Waals surface area contributed by atoms with Gasteiger partial charge in [0, 0.05) is 29.0 Å². The molecule has 3 nitrogen and oxygen atoms in total. The predicted octanol–water partition coefficient (Wildman–Crippen LogP) is 3.58. The zero-order valence-corrected chi connectivity index (χ0v) is 11.5. The van der Waals surface area contributed by atoms with E-state index >= 15 is 0 Å². The summed E-state index contributed by atoms with van der Waals surface area (Å²) in [4.78, 5) is 4.53. The monoisotopic (exact) mass is 243 g/mol. The first-order chi connectivity index (χ1) is 8.35. The molecular formula is C15H21N3. The van der Waals surface area contributed by atoms with Gasteiger partial charge in [0.15, 0.2) is 0 Å². The van der Waals surface area contributed by atoms with Crippen molar-refractivity contribution in [3.8, 4) is 0 Å². The SMILES string of the molecule is Cc1cc(NCC(C)(C)C)c2cc(N)ccc2n1. The summed E-state index contributed by atoms with van der Waals surface area (Å²) < 4.78 is 0. The second-order valence-electron chi connectivity index (χ2n) is 6.00. The lowest BCUT2D eigenvalue weighted by atomic mass is 9.96. The van der Waals surface area contributed by atoms with Crippen LogP contribution in [0.4, 0.5) is 11.4 Å². The summed E-state index contributed by atoms with van der Waals surface area (Å²) in [6.07, 6.45) is 0. The highest BCUT2D eigenvalue weighted by molar-refractivity contribution is 5.93. The highest BCUT2D eigenvalue weighted by atomic mass is 14.9. The van der Waals surface area contributed by atoms with Gasteiger partial charge in [0.2, 0.25) is 0 Å². The van der Waals surface area contributed by atoms with Crippen LogP contribution in [0.25, 0.3) is 10.9 Å². The van der Waals surface area contributed by atoms with Crippen molar-refractivity contribution in [3.63, 3.8) is 0 Å². The number of anilines is 2. The number of nitrogen functional groups attached to an aromatic ring is 1. The number of hydrogen-bond acceptors (Lipinski definition) is 3. The summed E-state index contributed by atoms with van der Waals surface area (Å²) in [6, 6.07) is 7.92. The Labute approximate surface area is 108 Å². The Morgan fingerprint density at radius 3 is 2.61 bits per heavy atom. The number of aryl methyl sites for hydroxylation is 1. The van der Waals surface area contributed by atoms with E-state index in [1.54, 1.807) is 0 Å². The molecule has 0 unspecified atom stereocenters. The molecule has 0 atom stereocenters. The fraction of sp³-hybridized carbons (Fsp3) is 0.400. The standard InChI is InChI=1S/C15H21N3/c1-10-7-14(17-9-15(2,3)4)12-8-11(16)5-6-13(12)18-10/h5-8H,9,16H2,1-4H3,(H,17,18). The van der Waals surface area contributed by atoms with Crippen LogP contribution in [0.15, 0.2) is 24.3 Å². The van der Waals surface area contributed by atoms with Crippen LogP contribution in [-0.2, 0) is 0 Å². The number of nitrogens with one attached hydrogen (secondary N) is 1. The molecule has 1 aromatic heterocycles. The van der Waals surface area contributed by atoms with E-state index in [1.165, 1.54) is 0 Å². The summed E-state index contributed by atoms with van der Waals surface area (Å²) in [5.41, 5.74) is 9.98. The Hall–Kier alpha value is -1.77. The first kappa shape index (κ1) is 12.7. The first-order valence-electron chi connectivity index (χ1n) is 6.26. The molecule has 2 rings (SSSR count). The first-order valence-corrected chi connectivity index (χ1v) is 6.26. The highest BCUT2D eigenvalue weighted by Crippen LogP contribution is 2.26. The van der Waals surface area contributed by atoms with Gasteiger partial charge in [-0.2, -0.15) is 0 Å². The molecule has 96 valence electrons. The van der Waals surface area contributed by atoms with Gasteiger partial charge in [-0.25, -0.2) is 0 Å². The number of rotatable bonds is 2. The molecule has 2 aromatic rings. The summed E-state index contributed by atoms with van der Waals surface area (Å²) in [5.74, 6) is 0. The molecule has 0 saturated carbocycles. The molecule has 0 aliphatic heterocycles. The molecule has 0 saturated heterocycles. The predicted molar refractivity (Wildman–Crippen MR) is 78.8 cm³/mol. The summed E-state index contributed by atoms with van der Waals surface area (Å²) in [6.45, 7) is 9.57. The third-order valence-corrected chi connectivity index (χ3v) is 2.77. The third kappa shape index (κ3) is 2.92. The molecule has 0 radical (unpaired) electrons. The van der Waals surface area contributed by atoms with Crippen LogP contribution in [0, 0.1) is 12.3 Å². The van der Waals surface area contributed by atoms with E-state index in [0.29, 0.717) is 0 Å². The van der Waals surface area contributed by atoms with Gasteiger partial charge >= 0.3 is 0 Å². The van der Waals surface area contributed by atoms with E-state index in [2.05, 4.69) is 37.1 Å². The maximum atomic E-state index is 5.86. The second-order valence-corrected chi connectivity index (χ2v) is 6.00. The van der Waals surface area contributed by atoms with E-state index < -0.39 is 0 Å². The number of nitrogens with two attached hydrogens (primary N) is 1. The quantitative estimate of drug-likeness (QED) is 0.793. The van der Waals surface area contributed by atoms with Gasteiger partial charge in [-0.1, -0.05) is 20.8 Å². The topological polar surface area (TPSA) is 50.9 Å². The Kier molecular flexibility index (Phi) is 3.16. The maximum Gasteiger partial charge on any atom is 0.0727 e. The van der Waals surface area contributed by atoms with Crippen molar-refractivity contribution in [3.05, 3.63) is 30.0 Å². The number of aromatic nitrogens is 1. The molecule has 18 heavy (non-hydrogen) atoms. The number of nitrogens with zero attached hydrogens (tertiary/aromatic N) is 1. The van der Waals surface area contributed by atoms with Gasteiger partial charge in [0.25, 0.3) is 0 Å². The van der Waals surface area contributed by atoms with Crippen LogP contribution in [0.2, 0.25) is 0 Å². The fourth-order valence-corrected chi connectivity index (χ4v) is 1.88. The lowest BCUT2D eigenvalue weighted by Gasteiger charge is -2.20. The van der Waals surface area contributed by atoms with Gasteiger partial charge in [-0.05, 0) is 36.6 Å². The Morgan fingerprint density at radius 2 is 1.94 bits per heavy atom. The van der Waals surface area contributed by atoms with E-state index in [4.69, 9.17) is 5.73 Å². The lowest BCUT2D eigenvalue weighted by molar-refractivity contribution is 0.443. The molecule has 0 bridgehead atoms. The second kappa shape index (κ2) is 4.48. The molecule has 0 aliphatic carbocycles. The number of pyridine rings is 1. The van der Waals surface area contributed by atoms with Gasteiger partial charge in [-0.15, -0.1) is 0 Å². The smallest absolute Gasteiger partial charge is 0.0727 e. The number of benzene rings is 1. The summed E-state index contributed by atoms with van der Waals surface area (Å²) >= 11 is 0. The normalized spacial score (nSPS) is 11.8. The Bertz CT molecular complexity index is 568. The van der Waals surface area contributed by atoms with E-state index in [-0.39, 0.29) is 5.41 Å². The number of fused-ring (bicyclic) bond motifs is 1. The van der Waals surface area contributed by atoms with Crippen molar-refractivity contribution < 1.29 is 0 Å². The average molecular weight is 243 g/mol. The van der Waals surface area contributed by atoms with Crippen LogP contribution < -0.4 is 11.1 Å². The van der Waals surface area contributed by atoms with Gasteiger partial charge < -0.3 is 11.1 Å². The van der Waals surface area contributed by atoms with Gasteiger partial charge in [-0.3, -0.25) is 4.98 Å². The summed E-state index contributed by atoms with van der Waals surface area (Å²) in [5, 5.41) is 4.59. The van der Waals surface area contributed by atoms with Crippen molar-refractivity contribution in [1.82, 2.24) is 4.98 Å². The Morgan fingerprint density at radius 1 is 1.22 bits per heavy atom. The molecule has 0 amide bonds. The van der Waals surface area contributed by atoms with Crippen LogP contribution in [-0.4, -0.2) is 11.5 Å². The van der Waals surface area contributed by atoms with Crippen LogP contribution in [0.5, 0.6) is 0 Å². The molecule has 0 spiro atoms.